The summed E-state index contributed by atoms with van der Waals surface area (Å²) in [6.07, 6.45) is 3.22. The number of rotatable bonds is 5. The molecule has 6 heteroatoms. The molecular formula is C26H24N2O4. The number of nitrogens with zero attached hydrogens (tertiary/aromatic N) is 2. The molecule has 1 amide bonds. The van der Waals surface area contributed by atoms with E-state index in [9.17, 15) is 14.7 Å². The maximum absolute atomic E-state index is 13.2. The summed E-state index contributed by atoms with van der Waals surface area (Å²) in [6, 6.07) is 15.6. The number of hydrogen-bond donors (Lipinski definition) is 1. The van der Waals surface area contributed by atoms with E-state index in [2.05, 4.69) is 4.98 Å². The normalized spacial score (nSPS) is 17.6. The number of carbonyl (C=O) groups excluding carboxylic acids is 2. The van der Waals surface area contributed by atoms with Crippen molar-refractivity contribution in [2.75, 3.05) is 7.11 Å². The second-order valence-electron chi connectivity index (χ2n) is 7.84. The summed E-state index contributed by atoms with van der Waals surface area (Å²) in [7, 11) is 1.49. The highest BCUT2D eigenvalue weighted by Crippen LogP contribution is 2.41. The van der Waals surface area contributed by atoms with E-state index >= 15 is 0 Å². The number of amides is 1. The van der Waals surface area contributed by atoms with Crippen LogP contribution in [0.25, 0.3) is 5.76 Å². The molecule has 1 unspecified atom stereocenters. The lowest BCUT2D eigenvalue weighted by Crippen LogP contribution is -2.29. The number of aliphatic hydroxyl groups is 1. The molecule has 1 saturated heterocycles. The van der Waals surface area contributed by atoms with Crippen molar-refractivity contribution in [1.82, 2.24) is 9.88 Å². The predicted molar refractivity (Wildman–Crippen MR) is 121 cm³/mol. The van der Waals surface area contributed by atoms with Gasteiger partial charge in [0, 0.05) is 18.9 Å². The van der Waals surface area contributed by atoms with Crippen molar-refractivity contribution in [3.8, 4) is 5.75 Å². The van der Waals surface area contributed by atoms with Crippen LogP contribution in [-0.2, 0) is 16.1 Å². The number of aryl methyl sites for hydroxylation is 2. The Balaban J connectivity index is 1.89. The zero-order valence-electron chi connectivity index (χ0n) is 18.2. The molecule has 32 heavy (non-hydrogen) atoms. The maximum atomic E-state index is 13.2. The largest absolute Gasteiger partial charge is 0.507 e. The quantitative estimate of drug-likeness (QED) is 0.372. The zero-order chi connectivity index (χ0) is 22.8. The van der Waals surface area contributed by atoms with Crippen molar-refractivity contribution in [3.63, 3.8) is 0 Å². The third kappa shape index (κ3) is 3.75. The molecule has 2 heterocycles. The number of hydrogen-bond acceptors (Lipinski definition) is 5. The maximum Gasteiger partial charge on any atom is 0.295 e. The van der Waals surface area contributed by atoms with Crippen molar-refractivity contribution < 1.29 is 19.4 Å². The van der Waals surface area contributed by atoms with E-state index in [-0.39, 0.29) is 17.9 Å². The number of methoxy groups -OCH3 is 1. The summed E-state index contributed by atoms with van der Waals surface area (Å²) in [5.74, 6) is -1.21. The van der Waals surface area contributed by atoms with Crippen molar-refractivity contribution in [2.24, 2.45) is 0 Å². The Labute approximate surface area is 186 Å². The van der Waals surface area contributed by atoms with Crippen LogP contribution in [-0.4, -0.2) is 33.8 Å². The number of benzene rings is 2. The number of carbonyl (C=O) groups is 2. The van der Waals surface area contributed by atoms with Gasteiger partial charge in [0.1, 0.15) is 11.5 Å². The number of aromatic nitrogens is 1. The molecular weight excluding hydrogens is 404 g/mol. The lowest BCUT2D eigenvalue weighted by atomic mass is 9.95. The zero-order valence-corrected chi connectivity index (χ0v) is 18.2. The van der Waals surface area contributed by atoms with Crippen LogP contribution >= 0.6 is 0 Å². The van der Waals surface area contributed by atoms with Crippen LogP contribution in [0.5, 0.6) is 5.75 Å². The van der Waals surface area contributed by atoms with Crippen LogP contribution in [0, 0.1) is 13.8 Å². The molecule has 0 saturated carbocycles. The highest BCUT2D eigenvalue weighted by Gasteiger charge is 2.46. The van der Waals surface area contributed by atoms with Crippen LogP contribution in [0.15, 0.2) is 72.6 Å². The van der Waals surface area contributed by atoms with Crippen LogP contribution < -0.4 is 4.74 Å². The number of pyridine rings is 1. The lowest BCUT2D eigenvalue weighted by molar-refractivity contribution is -0.140. The standard InChI is InChI=1S/C26H24N2O4/c1-16-8-9-17(2)19(14-16)15-28-23(18-10-12-27-13-11-18)22(25(30)26(28)31)24(29)20-6-4-5-7-21(20)32-3/h4-14,23,29H,15H2,1-3H3/b24-22-. The molecule has 1 N–H and O–H groups in total. The highest BCUT2D eigenvalue weighted by molar-refractivity contribution is 6.46. The number of ether oxygens (including phenoxy) is 1. The Morgan fingerprint density at radius 2 is 1.78 bits per heavy atom. The molecule has 1 aliphatic heterocycles. The summed E-state index contributed by atoms with van der Waals surface area (Å²) in [4.78, 5) is 31.9. The third-order valence-electron chi connectivity index (χ3n) is 5.77. The van der Waals surface area contributed by atoms with Gasteiger partial charge < -0.3 is 14.7 Å². The molecule has 0 bridgehead atoms. The number of ketones is 1. The average Bonchev–Trinajstić information content (AvgIpc) is 3.06. The van der Waals surface area contributed by atoms with Gasteiger partial charge >= 0.3 is 0 Å². The SMILES string of the molecule is COc1ccccc1/C(O)=C1/C(=O)C(=O)N(Cc2cc(C)ccc2C)C1c1ccncc1. The summed E-state index contributed by atoms with van der Waals surface area (Å²) in [5, 5.41) is 11.2. The molecule has 0 spiro atoms. The van der Waals surface area contributed by atoms with Crippen molar-refractivity contribution in [3.05, 3.63) is 100 Å². The molecule has 4 rings (SSSR count). The van der Waals surface area contributed by atoms with Gasteiger partial charge in [-0.05, 0) is 54.8 Å². The Hall–Kier alpha value is -3.93. The van der Waals surface area contributed by atoms with Gasteiger partial charge in [-0.3, -0.25) is 14.6 Å². The van der Waals surface area contributed by atoms with Crippen LogP contribution in [0.1, 0.15) is 33.9 Å². The molecule has 1 aliphatic rings. The Kier molecular flexibility index (Phi) is 5.77. The predicted octanol–water partition coefficient (Wildman–Crippen LogP) is 4.33. The molecule has 6 nitrogen and oxygen atoms in total. The van der Waals surface area contributed by atoms with E-state index < -0.39 is 17.7 Å². The van der Waals surface area contributed by atoms with Gasteiger partial charge in [0.2, 0.25) is 0 Å². The summed E-state index contributed by atoms with van der Waals surface area (Å²) >= 11 is 0. The Bertz CT molecular complexity index is 1220. The molecule has 0 aliphatic carbocycles. The second-order valence-corrected chi connectivity index (χ2v) is 7.84. The minimum Gasteiger partial charge on any atom is -0.507 e. The van der Waals surface area contributed by atoms with E-state index in [0.29, 0.717) is 16.9 Å². The monoisotopic (exact) mass is 428 g/mol. The van der Waals surface area contributed by atoms with Gasteiger partial charge in [-0.2, -0.15) is 0 Å². The van der Waals surface area contributed by atoms with Gasteiger partial charge in [0.05, 0.1) is 24.3 Å². The average molecular weight is 428 g/mol. The summed E-state index contributed by atoms with van der Waals surface area (Å²) in [6.45, 7) is 4.20. The molecule has 1 fully saturated rings. The van der Waals surface area contributed by atoms with E-state index in [0.717, 1.165) is 16.7 Å². The van der Waals surface area contributed by atoms with Gasteiger partial charge in [0.15, 0.2) is 0 Å². The Morgan fingerprint density at radius 3 is 2.50 bits per heavy atom. The number of Topliss-reactive ketones (excluding diaryl/α,β-unsaturated/α-hetero) is 1. The van der Waals surface area contributed by atoms with Crippen molar-refractivity contribution in [2.45, 2.75) is 26.4 Å². The third-order valence-corrected chi connectivity index (χ3v) is 5.77. The van der Waals surface area contributed by atoms with E-state index in [1.165, 1.54) is 12.0 Å². The smallest absolute Gasteiger partial charge is 0.295 e. The van der Waals surface area contributed by atoms with Crippen LogP contribution in [0.3, 0.4) is 0 Å². The van der Waals surface area contributed by atoms with E-state index in [1.54, 1.807) is 48.8 Å². The van der Waals surface area contributed by atoms with Gasteiger partial charge in [-0.15, -0.1) is 0 Å². The van der Waals surface area contributed by atoms with Crippen molar-refractivity contribution >= 4 is 17.4 Å². The molecule has 162 valence electrons. The topological polar surface area (TPSA) is 79.7 Å². The number of para-hydroxylation sites is 1. The fraction of sp³-hybridized carbons (Fsp3) is 0.192. The van der Waals surface area contributed by atoms with E-state index in [4.69, 9.17) is 4.74 Å². The Morgan fingerprint density at radius 1 is 1.06 bits per heavy atom. The lowest BCUT2D eigenvalue weighted by Gasteiger charge is -2.26. The fourth-order valence-corrected chi connectivity index (χ4v) is 4.07. The molecule has 2 aromatic carbocycles. The van der Waals surface area contributed by atoms with E-state index in [1.807, 2.05) is 32.0 Å². The summed E-state index contributed by atoms with van der Waals surface area (Å²) < 4.78 is 5.37. The molecule has 3 aromatic rings. The summed E-state index contributed by atoms with van der Waals surface area (Å²) in [5.41, 5.74) is 4.13. The van der Waals surface area contributed by atoms with Gasteiger partial charge in [0.25, 0.3) is 11.7 Å². The first-order valence-electron chi connectivity index (χ1n) is 10.3. The first kappa shape index (κ1) is 21.3. The van der Waals surface area contributed by atoms with Crippen LogP contribution in [0.4, 0.5) is 0 Å². The minimum absolute atomic E-state index is 0.0380. The second kappa shape index (κ2) is 8.67. The molecule has 0 radical (unpaired) electrons. The fourth-order valence-electron chi connectivity index (χ4n) is 4.07. The van der Waals surface area contributed by atoms with Gasteiger partial charge in [-0.25, -0.2) is 0 Å². The minimum atomic E-state index is -0.747. The highest BCUT2D eigenvalue weighted by atomic mass is 16.5. The molecule has 1 atom stereocenters. The number of aliphatic hydroxyl groups excluding tert-OH is 1. The van der Waals surface area contributed by atoms with Crippen molar-refractivity contribution in [1.29, 1.82) is 0 Å². The van der Waals surface area contributed by atoms with Crippen LogP contribution in [0.2, 0.25) is 0 Å². The number of likely N-dealkylation sites (tertiary alicyclic amines) is 1. The van der Waals surface area contributed by atoms with Gasteiger partial charge in [-0.1, -0.05) is 35.9 Å². The molecule has 1 aromatic heterocycles. The first-order chi connectivity index (χ1) is 15.4. The first-order valence-corrected chi connectivity index (χ1v) is 10.3.